The molecule has 0 saturated carbocycles. The van der Waals surface area contributed by atoms with Crippen molar-refractivity contribution in [3.8, 4) is 5.75 Å². The van der Waals surface area contributed by atoms with E-state index in [0.29, 0.717) is 31.7 Å². The van der Waals surface area contributed by atoms with Gasteiger partial charge >= 0.3 is 5.97 Å². The highest BCUT2D eigenvalue weighted by Crippen LogP contribution is 2.23. The summed E-state index contributed by atoms with van der Waals surface area (Å²) in [7, 11) is 0. The Labute approximate surface area is 131 Å². The molecule has 6 heteroatoms. The molecule has 116 valence electrons. The van der Waals surface area contributed by atoms with Crippen molar-refractivity contribution in [2.75, 3.05) is 13.1 Å². The predicted molar refractivity (Wildman–Crippen MR) is 85.0 cm³/mol. The van der Waals surface area contributed by atoms with Crippen LogP contribution in [0, 0.1) is 25.2 Å². The highest BCUT2D eigenvalue weighted by Gasteiger charge is 2.27. The molecule has 2 rings (SSSR count). The van der Waals surface area contributed by atoms with Gasteiger partial charge in [0.05, 0.1) is 5.92 Å². The van der Waals surface area contributed by atoms with Crippen LogP contribution < -0.4 is 10.5 Å². The van der Waals surface area contributed by atoms with E-state index in [9.17, 15) is 4.79 Å². The van der Waals surface area contributed by atoms with Crippen LogP contribution in [0.4, 0.5) is 0 Å². The summed E-state index contributed by atoms with van der Waals surface area (Å²) in [5, 5.41) is 7.38. The fourth-order valence-corrected chi connectivity index (χ4v) is 2.46. The van der Waals surface area contributed by atoms with Crippen LogP contribution in [0.2, 0.25) is 0 Å². The van der Waals surface area contributed by atoms with Crippen molar-refractivity contribution in [1.29, 1.82) is 5.41 Å². The van der Waals surface area contributed by atoms with Crippen molar-refractivity contribution in [3.05, 3.63) is 29.3 Å². The molecule has 0 aromatic heterocycles. The van der Waals surface area contributed by atoms with Gasteiger partial charge in [-0.15, -0.1) is 12.4 Å². The highest BCUT2D eigenvalue weighted by atomic mass is 35.5. The lowest BCUT2D eigenvalue weighted by Gasteiger charge is -2.30. The van der Waals surface area contributed by atoms with Crippen LogP contribution in [0.15, 0.2) is 18.2 Å². The molecule has 0 bridgehead atoms. The SMILES string of the molecule is Cc1ccc(OC(=O)C2CCN(C(=N)N)CC2)c(C)c1.Cl. The van der Waals surface area contributed by atoms with Crippen LogP contribution in [0.3, 0.4) is 0 Å². The minimum atomic E-state index is -0.180. The molecule has 0 atom stereocenters. The number of halogens is 1. The molecule has 1 aromatic carbocycles. The molecule has 0 aliphatic carbocycles. The Morgan fingerprint density at radius 2 is 1.95 bits per heavy atom. The van der Waals surface area contributed by atoms with Gasteiger partial charge in [0.15, 0.2) is 5.96 Å². The molecule has 1 fully saturated rings. The summed E-state index contributed by atoms with van der Waals surface area (Å²) >= 11 is 0. The Hall–Kier alpha value is -1.75. The maximum atomic E-state index is 12.2. The zero-order valence-corrected chi connectivity index (χ0v) is 13.2. The molecule has 21 heavy (non-hydrogen) atoms. The molecule has 1 aromatic rings. The molecule has 1 aliphatic heterocycles. The third kappa shape index (κ3) is 4.36. The maximum Gasteiger partial charge on any atom is 0.314 e. The molecule has 3 N–H and O–H groups in total. The molecule has 1 heterocycles. The summed E-state index contributed by atoms with van der Waals surface area (Å²) in [5.41, 5.74) is 7.56. The van der Waals surface area contributed by atoms with Crippen molar-refractivity contribution in [2.45, 2.75) is 26.7 Å². The largest absolute Gasteiger partial charge is 0.426 e. The number of hydrogen-bond donors (Lipinski definition) is 2. The number of likely N-dealkylation sites (tertiary alicyclic amines) is 1. The minimum Gasteiger partial charge on any atom is -0.426 e. The zero-order valence-electron chi connectivity index (χ0n) is 12.4. The van der Waals surface area contributed by atoms with Crippen LogP contribution in [0.25, 0.3) is 0 Å². The van der Waals surface area contributed by atoms with E-state index < -0.39 is 0 Å². The average Bonchev–Trinajstić information content (AvgIpc) is 2.42. The van der Waals surface area contributed by atoms with Crippen molar-refractivity contribution in [1.82, 2.24) is 4.90 Å². The van der Waals surface area contributed by atoms with Crippen LogP contribution >= 0.6 is 12.4 Å². The molecule has 0 spiro atoms. The number of guanidine groups is 1. The number of rotatable bonds is 2. The van der Waals surface area contributed by atoms with E-state index in [0.717, 1.165) is 11.1 Å². The van der Waals surface area contributed by atoms with Gasteiger partial charge in [-0.05, 0) is 38.3 Å². The molecule has 0 unspecified atom stereocenters. The molecule has 0 amide bonds. The van der Waals surface area contributed by atoms with Gasteiger partial charge in [0.25, 0.3) is 0 Å². The third-order valence-corrected chi connectivity index (χ3v) is 3.71. The van der Waals surface area contributed by atoms with Crippen molar-refractivity contribution in [3.63, 3.8) is 0 Å². The first-order chi connectivity index (χ1) is 9.47. The fraction of sp³-hybridized carbons (Fsp3) is 0.467. The van der Waals surface area contributed by atoms with E-state index >= 15 is 0 Å². The van der Waals surface area contributed by atoms with Crippen LogP contribution in [-0.2, 0) is 4.79 Å². The number of piperidine rings is 1. The Morgan fingerprint density at radius 3 is 2.48 bits per heavy atom. The van der Waals surface area contributed by atoms with Crippen LogP contribution in [0.5, 0.6) is 5.75 Å². The van der Waals surface area contributed by atoms with Gasteiger partial charge < -0.3 is 15.4 Å². The Kier molecular flexibility index (Phi) is 6.03. The number of nitrogens with zero attached hydrogens (tertiary/aromatic N) is 1. The van der Waals surface area contributed by atoms with Gasteiger partial charge in [-0.25, -0.2) is 0 Å². The fourth-order valence-electron chi connectivity index (χ4n) is 2.46. The van der Waals surface area contributed by atoms with E-state index in [1.807, 2.05) is 32.0 Å². The highest BCUT2D eigenvalue weighted by molar-refractivity contribution is 5.85. The maximum absolute atomic E-state index is 12.2. The van der Waals surface area contributed by atoms with Crippen molar-refractivity contribution < 1.29 is 9.53 Å². The van der Waals surface area contributed by atoms with Crippen LogP contribution in [-0.4, -0.2) is 29.9 Å². The number of nitrogens with two attached hydrogens (primary N) is 1. The van der Waals surface area contributed by atoms with E-state index in [-0.39, 0.29) is 30.3 Å². The summed E-state index contributed by atoms with van der Waals surface area (Å²) < 4.78 is 5.49. The van der Waals surface area contributed by atoms with Gasteiger partial charge in [-0.2, -0.15) is 0 Å². The molecular weight excluding hydrogens is 290 g/mol. The smallest absolute Gasteiger partial charge is 0.314 e. The van der Waals surface area contributed by atoms with E-state index in [1.165, 1.54) is 0 Å². The number of hydrogen-bond acceptors (Lipinski definition) is 3. The van der Waals surface area contributed by atoms with Gasteiger partial charge in [-0.3, -0.25) is 10.2 Å². The second-order valence-electron chi connectivity index (χ2n) is 5.34. The number of benzene rings is 1. The van der Waals surface area contributed by atoms with Crippen molar-refractivity contribution >= 4 is 24.3 Å². The molecule has 0 radical (unpaired) electrons. The lowest BCUT2D eigenvalue weighted by Crippen LogP contribution is -2.44. The zero-order chi connectivity index (χ0) is 14.7. The van der Waals surface area contributed by atoms with Gasteiger partial charge in [0, 0.05) is 13.1 Å². The predicted octanol–water partition coefficient (Wildman–Crippen LogP) is 2.24. The third-order valence-electron chi connectivity index (χ3n) is 3.71. The van der Waals surface area contributed by atoms with Gasteiger partial charge in [0.1, 0.15) is 5.75 Å². The van der Waals surface area contributed by atoms with E-state index in [4.69, 9.17) is 15.9 Å². The lowest BCUT2D eigenvalue weighted by atomic mass is 9.97. The number of nitrogens with one attached hydrogen (secondary N) is 1. The molecule has 1 saturated heterocycles. The monoisotopic (exact) mass is 311 g/mol. The number of carbonyl (C=O) groups excluding carboxylic acids is 1. The first kappa shape index (κ1) is 17.3. The first-order valence-electron chi connectivity index (χ1n) is 6.85. The normalized spacial score (nSPS) is 15.2. The van der Waals surface area contributed by atoms with Gasteiger partial charge in [-0.1, -0.05) is 17.7 Å². The summed E-state index contributed by atoms with van der Waals surface area (Å²) in [4.78, 5) is 13.9. The molecule has 1 aliphatic rings. The van der Waals surface area contributed by atoms with E-state index in [2.05, 4.69) is 0 Å². The quantitative estimate of drug-likeness (QED) is 0.380. The first-order valence-corrected chi connectivity index (χ1v) is 6.85. The standard InChI is InChI=1S/C15H21N3O2.ClH/c1-10-3-4-13(11(2)9-10)20-14(19)12-5-7-18(8-6-12)15(16)17;/h3-4,9,12H,5-8H2,1-2H3,(H3,16,17);1H. The lowest BCUT2D eigenvalue weighted by molar-refractivity contribution is -0.140. The minimum absolute atomic E-state index is 0. The number of ether oxygens (including phenoxy) is 1. The van der Waals surface area contributed by atoms with Crippen LogP contribution in [0.1, 0.15) is 24.0 Å². The second kappa shape index (κ2) is 7.31. The van der Waals surface area contributed by atoms with Crippen molar-refractivity contribution in [2.24, 2.45) is 11.7 Å². The molecule has 5 nitrogen and oxygen atoms in total. The Balaban J connectivity index is 0.00000220. The topological polar surface area (TPSA) is 79.4 Å². The summed E-state index contributed by atoms with van der Waals surface area (Å²) in [5.74, 6) is 0.423. The number of aryl methyl sites for hydroxylation is 2. The average molecular weight is 312 g/mol. The van der Waals surface area contributed by atoms with Gasteiger partial charge in [0.2, 0.25) is 0 Å². The Morgan fingerprint density at radius 1 is 1.33 bits per heavy atom. The summed E-state index contributed by atoms with van der Waals surface area (Å²) in [6.07, 6.45) is 1.37. The number of carbonyl (C=O) groups is 1. The number of esters is 1. The Bertz CT molecular complexity index is 526. The second-order valence-corrected chi connectivity index (χ2v) is 5.34. The van der Waals surface area contributed by atoms with E-state index in [1.54, 1.807) is 4.90 Å². The summed E-state index contributed by atoms with van der Waals surface area (Å²) in [6.45, 7) is 5.23. The molecular formula is C15H22ClN3O2. The summed E-state index contributed by atoms with van der Waals surface area (Å²) in [6, 6.07) is 5.78.